The first-order chi connectivity index (χ1) is 12.6. The highest BCUT2D eigenvalue weighted by Gasteiger charge is 2.64. The molecule has 3 fully saturated rings. The fourth-order valence-corrected chi connectivity index (χ4v) is 4.56. The van der Waals surface area contributed by atoms with Crippen LogP contribution in [0.1, 0.15) is 19.8 Å². The molecule has 2 aliphatic carbocycles. The lowest BCUT2D eigenvalue weighted by Crippen LogP contribution is -2.34. The van der Waals surface area contributed by atoms with Crippen LogP contribution in [0, 0.1) is 23.7 Å². The lowest BCUT2D eigenvalue weighted by atomic mass is 9.80. The Hall–Kier alpha value is -2.57. The molecule has 0 radical (unpaired) electrons. The Morgan fingerprint density at radius 1 is 1.23 bits per heavy atom. The Bertz CT molecular complexity index is 728. The van der Waals surface area contributed by atoms with Crippen LogP contribution in [-0.2, 0) is 23.9 Å². The van der Waals surface area contributed by atoms with E-state index in [0.717, 1.165) is 18.6 Å². The molecule has 7 heteroatoms. The number of esters is 2. The van der Waals surface area contributed by atoms with E-state index in [2.05, 4.69) is 5.32 Å². The van der Waals surface area contributed by atoms with Crippen LogP contribution in [-0.4, -0.2) is 37.2 Å². The standard InChI is InChI=1S/C19H21NO6/c1-2-24-12-5-3-11(4-6-12)20-15(21)9-25-18(22)16-10-7-13-14(8-10)26-19(23)17(13)16/h3-6,10,13-14,16-17H,2,7-9H2,1H3,(H,20,21)/t10-,13+,14+,16-,17+/m1/s1. The van der Waals surface area contributed by atoms with Crippen molar-refractivity contribution in [3.63, 3.8) is 0 Å². The molecule has 4 rings (SSSR count). The molecular formula is C19H21NO6. The summed E-state index contributed by atoms with van der Waals surface area (Å²) in [6, 6.07) is 6.94. The number of hydrogen-bond acceptors (Lipinski definition) is 6. The molecule has 138 valence electrons. The van der Waals surface area contributed by atoms with E-state index < -0.39 is 17.8 Å². The van der Waals surface area contributed by atoms with E-state index in [1.54, 1.807) is 24.3 Å². The van der Waals surface area contributed by atoms with Crippen LogP contribution in [0.3, 0.4) is 0 Å². The van der Waals surface area contributed by atoms with E-state index in [1.807, 2.05) is 6.92 Å². The van der Waals surface area contributed by atoms with Crippen LogP contribution >= 0.6 is 0 Å². The van der Waals surface area contributed by atoms with Gasteiger partial charge in [-0.25, -0.2) is 0 Å². The maximum Gasteiger partial charge on any atom is 0.310 e. The molecule has 1 amide bonds. The SMILES string of the molecule is CCOc1ccc(NC(=O)COC(=O)[C@@H]2[C@@H]3C[C@@H]4[C@@H]2C(=O)O[C@H]4C3)cc1. The van der Waals surface area contributed by atoms with Gasteiger partial charge in [0.05, 0.1) is 18.4 Å². The monoisotopic (exact) mass is 359 g/mol. The number of nitrogens with one attached hydrogen (secondary N) is 1. The second-order valence-corrected chi connectivity index (χ2v) is 7.04. The van der Waals surface area contributed by atoms with Gasteiger partial charge >= 0.3 is 11.9 Å². The normalized spacial score (nSPS) is 30.8. The number of carbonyl (C=O) groups is 3. The summed E-state index contributed by atoms with van der Waals surface area (Å²) in [5, 5.41) is 2.67. The van der Waals surface area contributed by atoms with Crippen molar-refractivity contribution in [3.05, 3.63) is 24.3 Å². The number of carbonyl (C=O) groups excluding carboxylic acids is 3. The Morgan fingerprint density at radius 3 is 2.73 bits per heavy atom. The summed E-state index contributed by atoms with van der Waals surface area (Å²) in [7, 11) is 0. The van der Waals surface area contributed by atoms with Gasteiger partial charge in [-0.1, -0.05) is 0 Å². The number of fused-ring (bicyclic) bond motifs is 1. The first kappa shape index (κ1) is 16.9. The molecule has 0 spiro atoms. The summed E-state index contributed by atoms with van der Waals surface area (Å²) >= 11 is 0. The molecular weight excluding hydrogens is 338 g/mol. The summed E-state index contributed by atoms with van der Waals surface area (Å²) < 4.78 is 15.8. The summed E-state index contributed by atoms with van der Waals surface area (Å²) in [4.78, 5) is 36.4. The van der Waals surface area contributed by atoms with Gasteiger partial charge in [0.2, 0.25) is 0 Å². The van der Waals surface area contributed by atoms with Crippen LogP contribution in [0.2, 0.25) is 0 Å². The molecule has 2 bridgehead atoms. The van der Waals surface area contributed by atoms with Crippen LogP contribution in [0.25, 0.3) is 0 Å². The number of anilines is 1. The van der Waals surface area contributed by atoms with Crippen molar-refractivity contribution in [1.29, 1.82) is 0 Å². The summed E-state index contributed by atoms with van der Waals surface area (Å²) in [6.07, 6.45) is 1.54. The summed E-state index contributed by atoms with van der Waals surface area (Å²) in [5.41, 5.74) is 0.594. The second kappa shape index (κ2) is 6.63. The smallest absolute Gasteiger partial charge is 0.310 e. The van der Waals surface area contributed by atoms with Gasteiger partial charge in [-0.3, -0.25) is 14.4 Å². The summed E-state index contributed by atoms with van der Waals surface area (Å²) in [5.74, 6) is -1.05. The van der Waals surface area contributed by atoms with Gasteiger partial charge in [0.25, 0.3) is 5.91 Å². The highest BCUT2D eigenvalue weighted by atomic mass is 16.6. The van der Waals surface area contributed by atoms with Gasteiger partial charge in [-0.15, -0.1) is 0 Å². The summed E-state index contributed by atoms with van der Waals surface area (Å²) in [6.45, 7) is 2.09. The lowest BCUT2D eigenvalue weighted by molar-refractivity contribution is -0.157. The van der Waals surface area contributed by atoms with E-state index in [1.165, 1.54) is 0 Å². The number of hydrogen-bond donors (Lipinski definition) is 1. The van der Waals surface area contributed by atoms with Crippen LogP contribution in [0.15, 0.2) is 24.3 Å². The average molecular weight is 359 g/mol. The van der Waals surface area contributed by atoms with Gasteiger partial charge in [-0.2, -0.15) is 0 Å². The third-order valence-electron chi connectivity index (χ3n) is 5.55. The Morgan fingerprint density at radius 2 is 2.00 bits per heavy atom. The number of rotatable bonds is 6. The van der Waals surface area contributed by atoms with E-state index in [9.17, 15) is 14.4 Å². The molecule has 2 saturated carbocycles. The first-order valence-corrected chi connectivity index (χ1v) is 8.96. The molecule has 1 heterocycles. The number of benzene rings is 1. The predicted molar refractivity (Wildman–Crippen MR) is 90.3 cm³/mol. The highest BCUT2D eigenvalue weighted by molar-refractivity contribution is 5.93. The van der Waals surface area contributed by atoms with Crippen molar-refractivity contribution in [2.45, 2.75) is 25.9 Å². The van der Waals surface area contributed by atoms with E-state index in [0.29, 0.717) is 12.3 Å². The number of amides is 1. The Kier molecular flexibility index (Phi) is 4.30. The van der Waals surface area contributed by atoms with Gasteiger partial charge in [-0.05, 0) is 49.9 Å². The molecule has 0 unspecified atom stereocenters. The van der Waals surface area contributed by atoms with Crippen molar-refractivity contribution < 1.29 is 28.6 Å². The largest absolute Gasteiger partial charge is 0.494 e. The molecule has 7 nitrogen and oxygen atoms in total. The predicted octanol–water partition coefficient (Wildman–Crippen LogP) is 1.76. The molecule has 5 atom stereocenters. The fourth-order valence-electron chi connectivity index (χ4n) is 4.56. The average Bonchev–Trinajstić information content (AvgIpc) is 3.24. The third kappa shape index (κ3) is 2.91. The lowest BCUT2D eigenvalue weighted by Gasteiger charge is -2.22. The maximum absolute atomic E-state index is 12.4. The molecule has 1 aliphatic heterocycles. The molecule has 3 aliphatic rings. The molecule has 1 aromatic carbocycles. The molecule has 1 N–H and O–H groups in total. The Labute approximate surface area is 151 Å². The van der Waals surface area contributed by atoms with E-state index in [-0.39, 0.29) is 36.4 Å². The van der Waals surface area contributed by atoms with Crippen LogP contribution < -0.4 is 10.1 Å². The minimum atomic E-state index is -0.471. The minimum Gasteiger partial charge on any atom is -0.494 e. The minimum absolute atomic E-state index is 0.0236. The zero-order valence-electron chi connectivity index (χ0n) is 14.5. The van der Waals surface area contributed by atoms with Gasteiger partial charge < -0.3 is 19.5 Å². The third-order valence-corrected chi connectivity index (χ3v) is 5.55. The van der Waals surface area contributed by atoms with E-state index in [4.69, 9.17) is 14.2 Å². The zero-order chi connectivity index (χ0) is 18.3. The Balaban J connectivity index is 1.29. The van der Waals surface area contributed by atoms with Crippen molar-refractivity contribution in [2.24, 2.45) is 23.7 Å². The van der Waals surface area contributed by atoms with Gasteiger partial charge in [0.15, 0.2) is 6.61 Å². The molecule has 1 aromatic rings. The van der Waals surface area contributed by atoms with Crippen molar-refractivity contribution in [1.82, 2.24) is 0 Å². The second-order valence-electron chi connectivity index (χ2n) is 7.04. The zero-order valence-corrected chi connectivity index (χ0v) is 14.5. The van der Waals surface area contributed by atoms with Crippen molar-refractivity contribution in [2.75, 3.05) is 18.5 Å². The van der Waals surface area contributed by atoms with Crippen LogP contribution in [0.5, 0.6) is 5.75 Å². The highest BCUT2D eigenvalue weighted by Crippen LogP contribution is 2.57. The van der Waals surface area contributed by atoms with Crippen molar-refractivity contribution in [3.8, 4) is 5.75 Å². The topological polar surface area (TPSA) is 90.9 Å². The van der Waals surface area contributed by atoms with E-state index >= 15 is 0 Å². The maximum atomic E-state index is 12.4. The first-order valence-electron chi connectivity index (χ1n) is 8.96. The van der Waals surface area contributed by atoms with Crippen molar-refractivity contribution >= 4 is 23.5 Å². The van der Waals surface area contributed by atoms with Gasteiger partial charge in [0, 0.05) is 11.6 Å². The van der Waals surface area contributed by atoms with Gasteiger partial charge in [0.1, 0.15) is 11.9 Å². The molecule has 26 heavy (non-hydrogen) atoms. The van der Waals surface area contributed by atoms with Crippen LogP contribution in [0.4, 0.5) is 5.69 Å². The molecule has 1 saturated heterocycles. The number of ether oxygens (including phenoxy) is 3. The fraction of sp³-hybridized carbons (Fsp3) is 0.526. The molecule has 0 aromatic heterocycles. The quantitative estimate of drug-likeness (QED) is 0.779.